The van der Waals surface area contributed by atoms with Crippen LogP contribution in [0.1, 0.15) is 53.4 Å². The van der Waals surface area contributed by atoms with Gasteiger partial charge in [-0.3, -0.25) is 0 Å². The lowest BCUT2D eigenvalue weighted by Crippen LogP contribution is -2.61. The summed E-state index contributed by atoms with van der Waals surface area (Å²) in [6, 6.07) is 0. The van der Waals surface area contributed by atoms with Crippen LogP contribution in [-0.2, 0) is 0 Å². The Balaban J connectivity index is 0.000000545. The molecule has 0 saturated carbocycles. The van der Waals surface area contributed by atoms with Crippen LogP contribution in [0.15, 0.2) is 0 Å². The first-order valence-corrected chi connectivity index (χ1v) is 9.76. The van der Waals surface area contributed by atoms with E-state index in [-0.39, 0.29) is 0 Å². The molecule has 3 heteroatoms. The van der Waals surface area contributed by atoms with Crippen molar-refractivity contribution in [1.29, 1.82) is 0 Å². The van der Waals surface area contributed by atoms with E-state index in [1.807, 2.05) is 0 Å². The smallest absolute Gasteiger partial charge is 0.00516 e. The van der Waals surface area contributed by atoms with Gasteiger partial charge in [-0.2, -0.15) is 0 Å². The Labute approximate surface area is 138 Å². The van der Waals surface area contributed by atoms with Gasteiger partial charge in [0.15, 0.2) is 0 Å². The molecule has 3 aliphatic heterocycles. The van der Waals surface area contributed by atoms with Crippen molar-refractivity contribution in [2.24, 2.45) is 17.3 Å². The highest BCUT2D eigenvalue weighted by Crippen LogP contribution is 2.39. The lowest BCUT2D eigenvalue weighted by atomic mass is 9.72. The molecule has 3 aliphatic rings. The van der Waals surface area contributed by atoms with Crippen LogP contribution in [0.4, 0.5) is 0 Å². The second kappa shape index (κ2) is 8.65. The highest BCUT2D eigenvalue weighted by Gasteiger charge is 2.43. The van der Waals surface area contributed by atoms with Crippen LogP contribution < -0.4 is 5.32 Å². The Morgan fingerprint density at radius 3 is 2.23 bits per heavy atom. The third-order valence-electron chi connectivity index (χ3n) is 5.57. The molecule has 2 atom stereocenters. The summed E-state index contributed by atoms with van der Waals surface area (Å²) in [5.41, 5.74) is 0.704. The first kappa shape index (κ1) is 18.2. The zero-order valence-corrected chi connectivity index (χ0v) is 15.5. The number of hydrogen-bond donors (Lipinski definition) is 1. The average Bonchev–Trinajstić information content (AvgIpc) is 2.47. The molecular formula is C19H39N3. The van der Waals surface area contributed by atoms with Gasteiger partial charge in [-0.25, -0.2) is 0 Å². The summed E-state index contributed by atoms with van der Waals surface area (Å²) in [7, 11) is 0. The molecule has 0 bridgehead atoms. The first-order valence-electron chi connectivity index (χ1n) is 9.76. The molecule has 0 radical (unpaired) electrons. The zero-order chi connectivity index (χ0) is 16.0. The molecule has 3 nitrogen and oxygen atoms in total. The van der Waals surface area contributed by atoms with E-state index < -0.39 is 0 Å². The maximum Gasteiger partial charge on any atom is 0.00516 e. The van der Waals surface area contributed by atoms with Crippen LogP contribution in [0.5, 0.6) is 0 Å². The van der Waals surface area contributed by atoms with Gasteiger partial charge in [0, 0.05) is 32.7 Å². The van der Waals surface area contributed by atoms with Gasteiger partial charge < -0.3 is 15.1 Å². The van der Waals surface area contributed by atoms with E-state index in [2.05, 4.69) is 42.8 Å². The molecule has 0 aliphatic carbocycles. The number of nitrogens with zero attached hydrogens (tertiary/aromatic N) is 2. The van der Waals surface area contributed by atoms with Gasteiger partial charge in [0.2, 0.25) is 0 Å². The largest absolute Gasteiger partial charge is 0.317 e. The van der Waals surface area contributed by atoms with E-state index in [9.17, 15) is 0 Å². The fourth-order valence-corrected chi connectivity index (χ4v) is 4.66. The first-order chi connectivity index (χ1) is 10.6. The second-order valence-corrected chi connectivity index (χ2v) is 8.19. The van der Waals surface area contributed by atoms with Gasteiger partial charge in [-0.15, -0.1) is 0 Å². The Hall–Kier alpha value is -0.120. The van der Waals surface area contributed by atoms with Crippen molar-refractivity contribution in [3.8, 4) is 0 Å². The van der Waals surface area contributed by atoms with Crippen LogP contribution >= 0.6 is 0 Å². The van der Waals surface area contributed by atoms with Gasteiger partial charge in [-0.1, -0.05) is 34.1 Å². The molecule has 0 aromatic carbocycles. The summed E-state index contributed by atoms with van der Waals surface area (Å²) >= 11 is 0. The third-order valence-corrected chi connectivity index (χ3v) is 5.57. The number of hydrogen-bond acceptors (Lipinski definition) is 3. The van der Waals surface area contributed by atoms with E-state index in [0.717, 1.165) is 11.8 Å². The minimum atomic E-state index is 0.704. The number of likely N-dealkylation sites (tertiary alicyclic amines) is 2. The molecule has 3 saturated heterocycles. The fourth-order valence-electron chi connectivity index (χ4n) is 4.66. The molecule has 0 aromatic heterocycles. The normalized spacial score (nSPS) is 32.2. The Kier molecular flexibility index (Phi) is 7.17. The van der Waals surface area contributed by atoms with Crippen LogP contribution in [0, 0.1) is 17.3 Å². The third kappa shape index (κ3) is 4.94. The van der Waals surface area contributed by atoms with E-state index in [1.165, 1.54) is 78.0 Å². The average molecular weight is 310 g/mol. The van der Waals surface area contributed by atoms with E-state index in [4.69, 9.17) is 0 Å². The Morgan fingerprint density at radius 2 is 1.64 bits per heavy atom. The van der Waals surface area contributed by atoms with E-state index in [1.54, 1.807) is 0 Å². The summed E-state index contributed by atoms with van der Waals surface area (Å²) in [5.74, 6) is 1.82. The highest BCUT2D eigenvalue weighted by atomic mass is 15.2. The van der Waals surface area contributed by atoms with E-state index >= 15 is 0 Å². The van der Waals surface area contributed by atoms with Crippen molar-refractivity contribution in [2.45, 2.75) is 53.4 Å². The van der Waals surface area contributed by atoms with Gasteiger partial charge in [-0.05, 0) is 56.1 Å². The molecular weight excluding hydrogens is 270 g/mol. The van der Waals surface area contributed by atoms with Crippen LogP contribution in [0.2, 0.25) is 0 Å². The summed E-state index contributed by atoms with van der Waals surface area (Å²) < 4.78 is 0. The van der Waals surface area contributed by atoms with Crippen molar-refractivity contribution in [3.05, 3.63) is 0 Å². The van der Waals surface area contributed by atoms with Crippen molar-refractivity contribution < 1.29 is 0 Å². The van der Waals surface area contributed by atoms with Gasteiger partial charge in [0.25, 0.3) is 0 Å². The predicted molar refractivity (Wildman–Crippen MR) is 96.3 cm³/mol. The molecule has 1 spiro atoms. The molecule has 0 aromatic rings. The van der Waals surface area contributed by atoms with Gasteiger partial charge in [0.1, 0.15) is 0 Å². The van der Waals surface area contributed by atoms with Crippen molar-refractivity contribution in [3.63, 3.8) is 0 Å². The second-order valence-electron chi connectivity index (χ2n) is 8.19. The standard InChI is InChI=1S/C16H31N3.C3H8/c1-3-18-9-14(2)8-15(10-18)11-19-12-16(13-19)4-6-17-7-5-16;1-3-2/h14-15,17H,3-13H2,1-2H3;3H2,1-2H3. The minimum Gasteiger partial charge on any atom is -0.317 e. The summed E-state index contributed by atoms with van der Waals surface area (Å²) in [6.07, 6.45) is 5.51. The van der Waals surface area contributed by atoms with Crippen molar-refractivity contribution >= 4 is 0 Å². The number of rotatable bonds is 3. The molecule has 0 amide bonds. The predicted octanol–water partition coefficient (Wildman–Crippen LogP) is 3.07. The molecule has 1 N–H and O–H groups in total. The molecule has 2 unspecified atom stereocenters. The van der Waals surface area contributed by atoms with Crippen molar-refractivity contribution in [1.82, 2.24) is 15.1 Å². The Morgan fingerprint density at radius 1 is 1.00 bits per heavy atom. The summed E-state index contributed by atoms with van der Waals surface area (Å²) in [4.78, 5) is 5.39. The number of nitrogens with one attached hydrogen (secondary N) is 1. The van der Waals surface area contributed by atoms with Gasteiger partial charge in [0.05, 0.1) is 0 Å². The van der Waals surface area contributed by atoms with E-state index in [0.29, 0.717) is 5.41 Å². The molecule has 3 fully saturated rings. The number of piperidine rings is 2. The molecule has 3 heterocycles. The lowest BCUT2D eigenvalue weighted by Gasteiger charge is -2.54. The van der Waals surface area contributed by atoms with Crippen LogP contribution in [-0.4, -0.2) is 62.2 Å². The topological polar surface area (TPSA) is 18.5 Å². The SMILES string of the molecule is CCC.CCN1CC(C)CC(CN2CC3(CCNCC3)C2)C1. The van der Waals surface area contributed by atoms with Crippen molar-refractivity contribution in [2.75, 3.05) is 52.4 Å². The monoisotopic (exact) mass is 309 g/mol. The van der Waals surface area contributed by atoms with Gasteiger partial charge >= 0.3 is 0 Å². The zero-order valence-electron chi connectivity index (χ0n) is 15.5. The maximum atomic E-state index is 3.50. The molecule has 3 rings (SSSR count). The summed E-state index contributed by atoms with van der Waals surface area (Å²) in [6.45, 7) is 19.5. The maximum absolute atomic E-state index is 3.50. The Bertz CT molecular complexity index is 304. The van der Waals surface area contributed by atoms with Crippen LogP contribution in [0.3, 0.4) is 0 Å². The fraction of sp³-hybridized carbons (Fsp3) is 1.00. The summed E-state index contributed by atoms with van der Waals surface area (Å²) in [5, 5.41) is 3.50. The lowest BCUT2D eigenvalue weighted by molar-refractivity contribution is -0.0401. The quantitative estimate of drug-likeness (QED) is 0.864. The highest BCUT2D eigenvalue weighted by molar-refractivity contribution is 4.98. The van der Waals surface area contributed by atoms with Crippen LogP contribution in [0.25, 0.3) is 0 Å². The molecule has 22 heavy (non-hydrogen) atoms. The minimum absolute atomic E-state index is 0.704. The molecule has 130 valence electrons.